The molecule has 2 N–H and O–H groups in total. The number of ether oxygens (including phenoxy) is 2. The molecule has 39 heavy (non-hydrogen) atoms. The zero-order valence-electron chi connectivity index (χ0n) is 22.1. The second-order valence-corrected chi connectivity index (χ2v) is 9.90. The third-order valence-corrected chi connectivity index (χ3v) is 6.12. The highest BCUT2D eigenvalue weighted by Gasteiger charge is 2.40. The molecule has 0 spiro atoms. The monoisotopic (exact) mass is 558 g/mol. The first-order valence-corrected chi connectivity index (χ1v) is 12.9. The number of nitrogens with zero attached hydrogens (tertiary/aromatic N) is 1. The lowest BCUT2D eigenvalue weighted by Crippen LogP contribution is -2.57. The van der Waals surface area contributed by atoms with Crippen LogP contribution in [0.3, 0.4) is 0 Å². The predicted molar refractivity (Wildman–Crippen MR) is 146 cm³/mol. The van der Waals surface area contributed by atoms with E-state index in [2.05, 4.69) is 22.7 Å². The molecule has 1 unspecified atom stereocenters. The molecular weight excluding hydrogens is 524 g/mol. The Balaban J connectivity index is 2.38. The van der Waals surface area contributed by atoms with E-state index in [9.17, 15) is 29.1 Å². The van der Waals surface area contributed by atoms with Gasteiger partial charge in [0.25, 0.3) is 0 Å². The minimum absolute atomic E-state index is 0.00834. The topological polar surface area (TPSA) is 139 Å². The Kier molecular flexibility index (Phi) is 12.5. The predicted octanol–water partition coefficient (Wildman–Crippen LogP) is 3.24. The van der Waals surface area contributed by atoms with Crippen LogP contribution < -0.4 is 5.32 Å². The van der Waals surface area contributed by atoms with Crippen LogP contribution in [-0.2, 0) is 41.7 Å². The number of amides is 3. The van der Waals surface area contributed by atoms with Crippen LogP contribution in [0.25, 0.3) is 0 Å². The fourth-order valence-corrected chi connectivity index (χ4v) is 4.02. The number of aliphatic carboxylic acids is 1. The van der Waals surface area contributed by atoms with Gasteiger partial charge in [-0.25, -0.2) is 14.5 Å². The minimum Gasteiger partial charge on any atom is -0.480 e. The van der Waals surface area contributed by atoms with Gasteiger partial charge >= 0.3 is 18.0 Å². The summed E-state index contributed by atoms with van der Waals surface area (Å²) in [5.74, 6) is -4.00. The van der Waals surface area contributed by atoms with Gasteiger partial charge in [-0.05, 0) is 23.5 Å². The smallest absolute Gasteiger partial charge is 0.417 e. The average molecular weight is 559 g/mol. The van der Waals surface area contributed by atoms with Crippen LogP contribution in [0.1, 0.15) is 37.8 Å². The van der Waals surface area contributed by atoms with Crippen LogP contribution in [0, 0.1) is 5.92 Å². The van der Waals surface area contributed by atoms with Crippen molar-refractivity contribution in [1.82, 2.24) is 10.2 Å². The lowest BCUT2D eigenvalue weighted by molar-refractivity contribution is -0.146. The molecule has 0 aliphatic carbocycles. The van der Waals surface area contributed by atoms with Gasteiger partial charge < -0.3 is 19.9 Å². The average Bonchev–Trinajstić information content (AvgIpc) is 2.91. The Morgan fingerprint density at radius 1 is 0.949 bits per heavy atom. The summed E-state index contributed by atoms with van der Waals surface area (Å²) in [6.07, 6.45) is -1.58. The second-order valence-electron chi connectivity index (χ2n) is 9.28. The Hall–Kier alpha value is -3.86. The molecule has 0 aromatic heterocycles. The summed E-state index contributed by atoms with van der Waals surface area (Å²) in [5, 5.41) is 10.9. The van der Waals surface area contributed by atoms with Gasteiger partial charge in [0.15, 0.2) is 0 Å². The fourth-order valence-electron chi connectivity index (χ4n) is 3.74. The molecule has 0 aliphatic rings. The third kappa shape index (κ3) is 10.1. The number of hydrogen-bond acceptors (Lipinski definition) is 8. The van der Waals surface area contributed by atoms with Gasteiger partial charge in [-0.15, -0.1) is 0 Å². The number of methoxy groups -OCH3 is 1. The van der Waals surface area contributed by atoms with E-state index < -0.39 is 53.6 Å². The molecule has 2 aromatic carbocycles. The molecule has 0 saturated carbocycles. The summed E-state index contributed by atoms with van der Waals surface area (Å²) < 4.78 is 9.98. The standard InChI is InChI=1S/C28H34N2O8S/c1-18(2)14-22(25(32)29-21(27(34)35)15-19-10-6-4-7-11-19)30(26(33)23(39)16-24(31)37-3)28(36)38-17-20-12-8-5-9-13-20/h4-13,18,21-23,39H,14-17H2,1-3H3,(H,29,32)(H,34,35)/t21-,22-,23?/m0/s1. The maximum Gasteiger partial charge on any atom is 0.417 e. The first-order chi connectivity index (χ1) is 18.5. The van der Waals surface area contributed by atoms with Crippen molar-refractivity contribution in [3.63, 3.8) is 0 Å². The summed E-state index contributed by atoms with van der Waals surface area (Å²) in [7, 11) is 1.15. The van der Waals surface area contributed by atoms with E-state index in [4.69, 9.17) is 4.74 Å². The highest BCUT2D eigenvalue weighted by Crippen LogP contribution is 2.20. The first-order valence-electron chi connectivity index (χ1n) is 12.4. The number of imide groups is 1. The van der Waals surface area contributed by atoms with Crippen LogP contribution in [0.5, 0.6) is 0 Å². The van der Waals surface area contributed by atoms with Crippen LogP contribution in [0.15, 0.2) is 60.7 Å². The number of benzene rings is 2. The molecular formula is C28H34N2O8S. The van der Waals surface area contributed by atoms with Crippen molar-refractivity contribution in [2.24, 2.45) is 5.92 Å². The van der Waals surface area contributed by atoms with E-state index >= 15 is 0 Å². The number of carbonyl (C=O) groups excluding carboxylic acids is 4. The van der Waals surface area contributed by atoms with E-state index in [1.54, 1.807) is 74.5 Å². The molecule has 0 aliphatic heterocycles. The SMILES string of the molecule is COC(=O)CC(S)C(=O)N(C(=O)OCc1ccccc1)[C@@H](CC(C)C)C(=O)N[C@@H](Cc1ccccc1)C(=O)O. The van der Waals surface area contributed by atoms with Crippen molar-refractivity contribution < 1.29 is 38.6 Å². The summed E-state index contributed by atoms with van der Waals surface area (Å²) in [5.41, 5.74) is 1.32. The third-order valence-electron chi connectivity index (χ3n) is 5.72. The molecule has 0 fully saturated rings. The van der Waals surface area contributed by atoms with Crippen molar-refractivity contribution in [2.75, 3.05) is 7.11 Å². The van der Waals surface area contributed by atoms with Crippen LogP contribution >= 0.6 is 12.6 Å². The van der Waals surface area contributed by atoms with Crippen LogP contribution in [0.4, 0.5) is 4.79 Å². The van der Waals surface area contributed by atoms with Gasteiger partial charge in [-0.1, -0.05) is 74.5 Å². The van der Waals surface area contributed by atoms with Gasteiger partial charge in [0, 0.05) is 6.42 Å². The number of thiol groups is 1. The Labute approximate surface area is 233 Å². The van der Waals surface area contributed by atoms with Gasteiger partial charge in [-0.3, -0.25) is 14.4 Å². The summed E-state index contributed by atoms with van der Waals surface area (Å²) in [4.78, 5) is 64.7. The molecule has 3 atom stereocenters. The Morgan fingerprint density at radius 2 is 1.51 bits per heavy atom. The number of carboxylic acids is 1. The zero-order chi connectivity index (χ0) is 28.9. The molecule has 210 valence electrons. The lowest BCUT2D eigenvalue weighted by atomic mass is 9.99. The zero-order valence-corrected chi connectivity index (χ0v) is 23.0. The van der Waals surface area contributed by atoms with E-state index in [1.807, 2.05) is 0 Å². The molecule has 2 aromatic rings. The van der Waals surface area contributed by atoms with E-state index in [0.717, 1.165) is 7.11 Å². The van der Waals surface area contributed by atoms with Crippen LogP contribution in [0.2, 0.25) is 0 Å². The number of esters is 1. The minimum atomic E-state index is -1.43. The molecule has 2 rings (SSSR count). The molecule has 11 heteroatoms. The van der Waals surface area contributed by atoms with Crippen molar-refractivity contribution >= 4 is 42.5 Å². The number of rotatable bonds is 13. The van der Waals surface area contributed by atoms with Crippen molar-refractivity contribution in [3.05, 3.63) is 71.8 Å². The van der Waals surface area contributed by atoms with E-state index in [-0.39, 0.29) is 25.4 Å². The molecule has 3 amide bonds. The largest absolute Gasteiger partial charge is 0.480 e. The fraction of sp³-hybridized carbons (Fsp3) is 0.393. The summed E-state index contributed by atoms with van der Waals surface area (Å²) >= 11 is 4.19. The lowest BCUT2D eigenvalue weighted by Gasteiger charge is -2.32. The Morgan fingerprint density at radius 3 is 2.03 bits per heavy atom. The van der Waals surface area contributed by atoms with Gasteiger partial charge in [0.2, 0.25) is 11.8 Å². The van der Waals surface area contributed by atoms with Gasteiger partial charge in [-0.2, -0.15) is 12.6 Å². The molecule has 10 nitrogen and oxygen atoms in total. The van der Waals surface area contributed by atoms with E-state index in [1.165, 1.54) is 0 Å². The highest BCUT2D eigenvalue weighted by atomic mass is 32.1. The van der Waals surface area contributed by atoms with Crippen LogP contribution in [-0.4, -0.2) is 64.3 Å². The maximum absolute atomic E-state index is 13.5. The summed E-state index contributed by atoms with van der Waals surface area (Å²) in [6.45, 7) is 3.38. The first kappa shape index (κ1) is 31.4. The maximum atomic E-state index is 13.5. The molecule has 0 bridgehead atoms. The van der Waals surface area contributed by atoms with Crippen molar-refractivity contribution in [3.8, 4) is 0 Å². The number of hydrogen-bond donors (Lipinski definition) is 3. The highest BCUT2D eigenvalue weighted by molar-refractivity contribution is 7.81. The van der Waals surface area contributed by atoms with Gasteiger partial charge in [0.05, 0.1) is 18.8 Å². The molecule has 0 radical (unpaired) electrons. The molecule has 0 saturated heterocycles. The van der Waals surface area contributed by atoms with Crippen molar-refractivity contribution in [2.45, 2.75) is 57.1 Å². The normalized spacial score (nSPS) is 13.1. The van der Waals surface area contributed by atoms with Crippen molar-refractivity contribution in [1.29, 1.82) is 0 Å². The number of carboxylic acid groups (broad SMARTS) is 1. The molecule has 0 heterocycles. The second kappa shape index (κ2) is 15.5. The van der Waals surface area contributed by atoms with Gasteiger partial charge in [0.1, 0.15) is 18.7 Å². The number of carbonyl (C=O) groups is 5. The number of nitrogens with one attached hydrogen (secondary N) is 1. The van der Waals surface area contributed by atoms with E-state index in [0.29, 0.717) is 16.0 Å². The Bertz CT molecular complexity index is 1130. The summed E-state index contributed by atoms with van der Waals surface area (Å²) in [6, 6.07) is 14.7. The quantitative estimate of drug-likeness (QED) is 0.252.